The Labute approximate surface area is 176 Å². The number of hydrogen-bond acceptors (Lipinski definition) is 8. The Balaban J connectivity index is 1.37. The number of thioether (sulfide) groups is 1. The van der Waals surface area contributed by atoms with E-state index >= 15 is 0 Å². The zero-order chi connectivity index (χ0) is 20.9. The number of nitrogens with one attached hydrogen (secondary N) is 1. The molecular weight excluding hydrogens is 402 g/mol. The van der Waals surface area contributed by atoms with Crippen LogP contribution in [0.4, 0.5) is 6.01 Å². The van der Waals surface area contributed by atoms with Crippen molar-refractivity contribution < 1.29 is 9.21 Å². The fourth-order valence-electron chi connectivity index (χ4n) is 2.69. The molecule has 30 heavy (non-hydrogen) atoms. The first kappa shape index (κ1) is 19.8. The third kappa shape index (κ3) is 4.54. The highest BCUT2D eigenvalue weighted by atomic mass is 32.2. The maximum atomic E-state index is 12.3. The lowest BCUT2D eigenvalue weighted by Gasteiger charge is -2.07. The second kappa shape index (κ2) is 8.87. The molecule has 1 N–H and O–H groups in total. The monoisotopic (exact) mass is 421 g/mol. The number of amides is 1. The lowest BCUT2D eigenvalue weighted by molar-refractivity contribution is -0.113. The van der Waals surface area contributed by atoms with Gasteiger partial charge >= 0.3 is 6.01 Å². The first-order chi connectivity index (χ1) is 14.6. The van der Waals surface area contributed by atoms with Gasteiger partial charge in [-0.15, -0.1) is 10.2 Å². The summed E-state index contributed by atoms with van der Waals surface area (Å²) < 4.78 is 7.09. The molecule has 0 saturated carbocycles. The first-order valence-corrected chi connectivity index (χ1v) is 10.3. The Morgan fingerprint density at radius 1 is 1.07 bits per heavy atom. The largest absolute Gasteiger partial charge is 0.403 e. The van der Waals surface area contributed by atoms with Crippen molar-refractivity contribution in [1.82, 2.24) is 30.4 Å². The smallest absolute Gasteiger partial charge is 0.322 e. The number of anilines is 1. The summed E-state index contributed by atoms with van der Waals surface area (Å²) in [7, 11) is 0. The Bertz CT molecular complexity index is 1120. The van der Waals surface area contributed by atoms with Gasteiger partial charge in [0.1, 0.15) is 0 Å². The van der Waals surface area contributed by atoms with Crippen molar-refractivity contribution in [3.05, 3.63) is 60.2 Å². The quantitative estimate of drug-likeness (QED) is 0.451. The van der Waals surface area contributed by atoms with Gasteiger partial charge in [-0.3, -0.25) is 10.1 Å². The highest BCUT2D eigenvalue weighted by Crippen LogP contribution is 2.22. The minimum Gasteiger partial charge on any atom is -0.403 e. The van der Waals surface area contributed by atoms with E-state index in [2.05, 4.69) is 44.9 Å². The fraction of sp³-hybridized carbons (Fsp3) is 0.200. The number of rotatable bonds is 7. The Morgan fingerprint density at radius 3 is 2.57 bits per heavy atom. The Morgan fingerprint density at radius 2 is 1.83 bits per heavy atom. The van der Waals surface area contributed by atoms with Crippen LogP contribution < -0.4 is 5.32 Å². The third-order valence-corrected chi connectivity index (χ3v) is 5.19. The molecular formula is C20H19N7O2S. The Kier molecular flexibility index (Phi) is 5.84. The van der Waals surface area contributed by atoms with Crippen molar-refractivity contribution in [2.45, 2.75) is 24.9 Å². The van der Waals surface area contributed by atoms with Crippen LogP contribution in [0.2, 0.25) is 0 Å². The number of hydrogen-bond donors (Lipinski definition) is 1. The van der Waals surface area contributed by atoms with Crippen LogP contribution in [-0.4, -0.2) is 42.1 Å². The molecule has 0 unspecified atom stereocenters. The fourth-order valence-corrected chi connectivity index (χ4v) is 3.38. The highest BCUT2D eigenvalue weighted by molar-refractivity contribution is 7.99. The van der Waals surface area contributed by atoms with Crippen LogP contribution in [0, 0.1) is 0 Å². The minimum atomic E-state index is -0.298. The summed E-state index contributed by atoms with van der Waals surface area (Å²) in [6, 6.07) is 17.4. The molecule has 9 nitrogen and oxygen atoms in total. The van der Waals surface area contributed by atoms with Gasteiger partial charge in [0.15, 0.2) is 0 Å². The summed E-state index contributed by atoms with van der Waals surface area (Å²) in [5.41, 5.74) is 2.84. The molecule has 0 bridgehead atoms. The molecule has 0 atom stereocenters. The second-order valence-electron chi connectivity index (χ2n) is 6.73. The SMILES string of the molecule is CC(C)c1ccc(-n2nnnc2SCC(=O)Nc2nnc(-c3ccccc3)o2)cc1. The van der Waals surface area contributed by atoms with Crippen molar-refractivity contribution in [3.8, 4) is 17.1 Å². The molecule has 152 valence electrons. The zero-order valence-electron chi connectivity index (χ0n) is 16.4. The Hall–Kier alpha value is -3.53. The van der Waals surface area contributed by atoms with Gasteiger partial charge in [-0.25, -0.2) is 0 Å². The van der Waals surface area contributed by atoms with E-state index in [0.29, 0.717) is 17.0 Å². The van der Waals surface area contributed by atoms with E-state index in [-0.39, 0.29) is 17.7 Å². The minimum absolute atomic E-state index is 0.0447. The van der Waals surface area contributed by atoms with Gasteiger partial charge in [-0.1, -0.05) is 61.0 Å². The molecule has 0 spiro atoms. The van der Waals surface area contributed by atoms with E-state index in [4.69, 9.17) is 4.42 Å². The summed E-state index contributed by atoms with van der Waals surface area (Å²) in [5, 5.41) is 22.7. The van der Waals surface area contributed by atoms with E-state index in [0.717, 1.165) is 11.3 Å². The lowest BCUT2D eigenvalue weighted by atomic mass is 10.0. The van der Waals surface area contributed by atoms with Crippen LogP contribution >= 0.6 is 11.8 Å². The number of nitrogens with zero attached hydrogens (tertiary/aromatic N) is 6. The van der Waals surface area contributed by atoms with Crippen LogP contribution in [0.15, 0.2) is 64.2 Å². The van der Waals surface area contributed by atoms with E-state index in [1.807, 2.05) is 54.6 Å². The zero-order valence-corrected chi connectivity index (χ0v) is 17.2. The normalized spacial score (nSPS) is 11.0. The lowest BCUT2D eigenvalue weighted by Crippen LogP contribution is -2.15. The average molecular weight is 421 g/mol. The molecule has 2 aromatic heterocycles. The van der Waals surface area contributed by atoms with Gasteiger partial charge in [-0.05, 0) is 46.2 Å². The summed E-state index contributed by atoms with van der Waals surface area (Å²) >= 11 is 1.21. The van der Waals surface area contributed by atoms with Crippen molar-refractivity contribution in [2.24, 2.45) is 0 Å². The van der Waals surface area contributed by atoms with Crippen LogP contribution in [0.25, 0.3) is 17.1 Å². The van der Waals surface area contributed by atoms with Crippen LogP contribution in [0.5, 0.6) is 0 Å². The van der Waals surface area contributed by atoms with Gasteiger partial charge in [-0.2, -0.15) is 4.68 Å². The van der Waals surface area contributed by atoms with E-state index in [1.165, 1.54) is 17.3 Å². The predicted octanol–water partition coefficient (Wildman–Crippen LogP) is 3.57. The summed E-state index contributed by atoms with van der Waals surface area (Å²) in [5.74, 6) is 0.575. The topological polar surface area (TPSA) is 112 Å². The standard InChI is InChI=1S/C20H19N7O2S/c1-13(2)14-8-10-16(11-9-14)27-20(24-25-26-27)30-12-17(28)21-19-23-22-18(29-19)15-6-4-3-5-7-15/h3-11,13H,12H2,1-2H3,(H,21,23,28). The average Bonchev–Trinajstić information content (AvgIpc) is 3.42. The van der Waals surface area contributed by atoms with Crippen LogP contribution in [-0.2, 0) is 4.79 Å². The van der Waals surface area contributed by atoms with Crippen LogP contribution in [0.3, 0.4) is 0 Å². The van der Waals surface area contributed by atoms with E-state index < -0.39 is 0 Å². The number of carbonyl (C=O) groups excluding carboxylic acids is 1. The summed E-state index contributed by atoms with van der Waals surface area (Å²) in [4.78, 5) is 12.3. The highest BCUT2D eigenvalue weighted by Gasteiger charge is 2.15. The molecule has 2 heterocycles. The molecule has 0 aliphatic rings. The predicted molar refractivity (Wildman–Crippen MR) is 112 cm³/mol. The van der Waals surface area contributed by atoms with Gasteiger partial charge in [0.2, 0.25) is 17.0 Å². The molecule has 10 heteroatoms. The molecule has 0 saturated heterocycles. The number of aromatic nitrogens is 6. The third-order valence-electron chi connectivity index (χ3n) is 4.27. The number of benzene rings is 2. The van der Waals surface area contributed by atoms with E-state index in [9.17, 15) is 4.79 Å². The van der Waals surface area contributed by atoms with Crippen molar-refractivity contribution in [3.63, 3.8) is 0 Å². The number of carbonyl (C=O) groups is 1. The molecule has 4 rings (SSSR count). The molecule has 0 aliphatic heterocycles. The second-order valence-corrected chi connectivity index (χ2v) is 7.68. The number of tetrazole rings is 1. The van der Waals surface area contributed by atoms with Gasteiger partial charge in [0, 0.05) is 5.56 Å². The maximum Gasteiger partial charge on any atom is 0.322 e. The van der Waals surface area contributed by atoms with Crippen molar-refractivity contribution in [1.29, 1.82) is 0 Å². The maximum absolute atomic E-state index is 12.3. The molecule has 1 amide bonds. The molecule has 2 aromatic carbocycles. The summed E-state index contributed by atoms with van der Waals surface area (Å²) in [6.07, 6.45) is 0. The van der Waals surface area contributed by atoms with Gasteiger partial charge in [0.05, 0.1) is 11.4 Å². The van der Waals surface area contributed by atoms with E-state index in [1.54, 1.807) is 4.68 Å². The van der Waals surface area contributed by atoms with Gasteiger partial charge in [0.25, 0.3) is 0 Å². The van der Waals surface area contributed by atoms with Gasteiger partial charge < -0.3 is 4.42 Å². The summed E-state index contributed by atoms with van der Waals surface area (Å²) in [6.45, 7) is 4.27. The molecule has 0 fully saturated rings. The molecule has 0 aliphatic carbocycles. The first-order valence-electron chi connectivity index (χ1n) is 9.30. The van der Waals surface area contributed by atoms with Crippen molar-refractivity contribution >= 4 is 23.7 Å². The van der Waals surface area contributed by atoms with Crippen molar-refractivity contribution in [2.75, 3.05) is 11.1 Å². The molecule has 0 radical (unpaired) electrons. The molecule has 4 aromatic rings. The van der Waals surface area contributed by atoms with Crippen LogP contribution in [0.1, 0.15) is 25.3 Å².